The number of alkyl carbamates (subject to hydrolysis) is 1. The first-order chi connectivity index (χ1) is 7.26. The van der Waals surface area contributed by atoms with E-state index in [9.17, 15) is 4.79 Å². The van der Waals surface area contributed by atoms with Gasteiger partial charge < -0.3 is 10.1 Å². The SMILES string of the molecule is C[C@H](CCBr)NC(=O)OC(C)(C)C.O=C=O. The molecule has 0 saturated heterocycles. The molecule has 0 fully saturated rings. The Bertz CT molecular complexity index is 231. The van der Waals surface area contributed by atoms with Crippen molar-refractivity contribution in [3.8, 4) is 0 Å². The monoisotopic (exact) mass is 295 g/mol. The number of rotatable bonds is 3. The summed E-state index contributed by atoms with van der Waals surface area (Å²) in [5.74, 6) is 0. The minimum absolute atomic E-state index is 0.147. The van der Waals surface area contributed by atoms with Gasteiger partial charge in [0.1, 0.15) is 5.60 Å². The van der Waals surface area contributed by atoms with Crippen LogP contribution in [0.3, 0.4) is 0 Å². The van der Waals surface area contributed by atoms with E-state index in [0.717, 1.165) is 11.8 Å². The number of hydrogen-bond acceptors (Lipinski definition) is 4. The summed E-state index contributed by atoms with van der Waals surface area (Å²) in [5.41, 5.74) is -0.418. The number of amides is 1. The first-order valence-corrected chi connectivity index (χ1v) is 5.93. The van der Waals surface area contributed by atoms with Crippen molar-refractivity contribution in [2.45, 2.75) is 45.8 Å². The number of alkyl halides is 1. The molecular weight excluding hydrogens is 278 g/mol. The Hall–Kier alpha value is -0.870. The molecule has 0 bridgehead atoms. The molecule has 1 N–H and O–H groups in total. The minimum Gasteiger partial charge on any atom is -0.444 e. The topological polar surface area (TPSA) is 72.5 Å². The van der Waals surface area contributed by atoms with E-state index < -0.39 is 5.60 Å². The zero-order valence-electron chi connectivity index (χ0n) is 10.0. The molecule has 0 aliphatic carbocycles. The van der Waals surface area contributed by atoms with Crippen molar-refractivity contribution in [2.75, 3.05) is 5.33 Å². The van der Waals surface area contributed by atoms with Crippen molar-refractivity contribution in [1.29, 1.82) is 0 Å². The van der Waals surface area contributed by atoms with Crippen molar-refractivity contribution < 1.29 is 19.1 Å². The molecule has 0 aliphatic rings. The summed E-state index contributed by atoms with van der Waals surface area (Å²) in [6, 6.07) is 0.147. The number of carbonyl (C=O) groups excluding carboxylic acids is 3. The molecule has 0 saturated carbocycles. The average Bonchev–Trinajstić information content (AvgIpc) is 2.00. The van der Waals surface area contributed by atoms with Crippen LogP contribution in [0.15, 0.2) is 0 Å². The molecule has 0 unspecified atom stereocenters. The fourth-order valence-corrected chi connectivity index (χ4v) is 1.43. The third-order valence-electron chi connectivity index (χ3n) is 1.31. The summed E-state index contributed by atoms with van der Waals surface area (Å²) in [6.07, 6.45) is 0.806. The highest BCUT2D eigenvalue weighted by Gasteiger charge is 2.17. The standard InChI is InChI=1S/C9H18BrNO2.CO2/c1-7(5-6-10)11-8(12)13-9(2,3)4;2-1-3/h7H,5-6H2,1-4H3,(H,11,12);/t7-;/m1./s1. The molecule has 0 aromatic heterocycles. The molecule has 5 nitrogen and oxygen atoms in total. The summed E-state index contributed by atoms with van der Waals surface area (Å²) in [6.45, 7) is 7.50. The quantitative estimate of drug-likeness (QED) is 0.809. The van der Waals surface area contributed by atoms with Crippen molar-refractivity contribution in [1.82, 2.24) is 5.32 Å². The number of hydrogen-bond donors (Lipinski definition) is 1. The molecule has 0 aromatic carbocycles. The Labute approximate surface area is 104 Å². The molecule has 0 heterocycles. The van der Waals surface area contributed by atoms with Crippen LogP contribution in [0.1, 0.15) is 34.1 Å². The molecule has 0 spiro atoms. The van der Waals surface area contributed by atoms with E-state index >= 15 is 0 Å². The fourth-order valence-electron chi connectivity index (χ4n) is 0.745. The van der Waals surface area contributed by atoms with Crippen LogP contribution in [-0.2, 0) is 14.3 Å². The number of ether oxygens (including phenoxy) is 1. The second-order valence-corrected chi connectivity index (χ2v) is 4.90. The van der Waals surface area contributed by atoms with E-state index in [-0.39, 0.29) is 18.3 Å². The highest BCUT2D eigenvalue weighted by atomic mass is 79.9. The average molecular weight is 296 g/mol. The first kappa shape index (κ1) is 17.5. The lowest BCUT2D eigenvalue weighted by Crippen LogP contribution is -2.37. The molecule has 16 heavy (non-hydrogen) atoms. The van der Waals surface area contributed by atoms with Gasteiger partial charge in [-0.3, -0.25) is 0 Å². The van der Waals surface area contributed by atoms with Gasteiger partial charge in [-0.25, -0.2) is 4.79 Å². The molecule has 1 amide bonds. The van der Waals surface area contributed by atoms with E-state index in [1.54, 1.807) is 0 Å². The fraction of sp³-hybridized carbons (Fsp3) is 0.800. The van der Waals surface area contributed by atoms with Gasteiger partial charge in [0.2, 0.25) is 0 Å². The summed E-state index contributed by atoms with van der Waals surface area (Å²) < 4.78 is 5.09. The van der Waals surface area contributed by atoms with Crippen LogP contribution in [0, 0.1) is 0 Å². The van der Waals surface area contributed by atoms with E-state index in [4.69, 9.17) is 14.3 Å². The Morgan fingerprint density at radius 1 is 1.44 bits per heavy atom. The number of halogens is 1. The van der Waals surface area contributed by atoms with Gasteiger partial charge in [-0.2, -0.15) is 9.59 Å². The summed E-state index contributed by atoms with van der Waals surface area (Å²) in [7, 11) is 0. The van der Waals surface area contributed by atoms with Gasteiger partial charge in [-0.05, 0) is 34.1 Å². The van der Waals surface area contributed by atoms with Crippen LogP contribution in [-0.4, -0.2) is 29.2 Å². The predicted octanol–water partition coefficient (Wildman–Crippen LogP) is 2.10. The number of carbonyl (C=O) groups is 1. The molecule has 0 radical (unpaired) electrons. The van der Waals surface area contributed by atoms with Gasteiger partial charge in [-0.1, -0.05) is 15.9 Å². The highest BCUT2D eigenvalue weighted by Crippen LogP contribution is 2.07. The zero-order valence-corrected chi connectivity index (χ0v) is 11.6. The van der Waals surface area contributed by atoms with Gasteiger partial charge in [0, 0.05) is 11.4 Å². The van der Waals surface area contributed by atoms with E-state index in [2.05, 4.69) is 21.2 Å². The van der Waals surface area contributed by atoms with Crippen molar-refractivity contribution in [2.24, 2.45) is 0 Å². The molecule has 0 aliphatic heterocycles. The summed E-state index contributed by atoms with van der Waals surface area (Å²) in [4.78, 5) is 27.4. The molecule has 1 atom stereocenters. The zero-order chi connectivity index (χ0) is 13.2. The van der Waals surface area contributed by atoms with Crippen molar-refractivity contribution in [3.63, 3.8) is 0 Å². The Balaban J connectivity index is 0. The lowest BCUT2D eigenvalue weighted by atomic mass is 10.2. The maximum absolute atomic E-state index is 11.2. The van der Waals surface area contributed by atoms with Crippen LogP contribution in [0.25, 0.3) is 0 Å². The maximum Gasteiger partial charge on any atom is 0.407 e. The van der Waals surface area contributed by atoms with E-state index in [1.165, 1.54) is 0 Å². The molecular formula is C10H18BrNO4. The Morgan fingerprint density at radius 3 is 2.19 bits per heavy atom. The summed E-state index contributed by atoms with van der Waals surface area (Å²) >= 11 is 3.31. The molecule has 6 heteroatoms. The number of nitrogens with one attached hydrogen (secondary N) is 1. The van der Waals surface area contributed by atoms with Crippen LogP contribution < -0.4 is 5.32 Å². The van der Waals surface area contributed by atoms with E-state index in [1.807, 2.05) is 27.7 Å². The van der Waals surface area contributed by atoms with Gasteiger partial charge in [0.25, 0.3) is 0 Å². The molecule has 0 aromatic rings. The first-order valence-electron chi connectivity index (χ1n) is 4.81. The van der Waals surface area contributed by atoms with Crippen molar-refractivity contribution in [3.05, 3.63) is 0 Å². The third-order valence-corrected chi connectivity index (χ3v) is 1.76. The van der Waals surface area contributed by atoms with Gasteiger partial charge in [0.05, 0.1) is 0 Å². The van der Waals surface area contributed by atoms with E-state index in [0.29, 0.717) is 0 Å². The molecule has 94 valence electrons. The third kappa shape index (κ3) is 15.6. The molecule has 0 rings (SSSR count). The van der Waals surface area contributed by atoms with Crippen LogP contribution >= 0.6 is 15.9 Å². The summed E-state index contributed by atoms with van der Waals surface area (Å²) in [5, 5.41) is 3.63. The van der Waals surface area contributed by atoms with Crippen LogP contribution in [0.4, 0.5) is 4.79 Å². The Kier molecular flexibility index (Phi) is 10.3. The lowest BCUT2D eigenvalue weighted by Gasteiger charge is -2.21. The smallest absolute Gasteiger partial charge is 0.407 e. The second kappa shape index (κ2) is 9.36. The second-order valence-electron chi connectivity index (χ2n) is 4.11. The van der Waals surface area contributed by atoms with Crippen molar-refractivity contribution >= 4 is 28.2 Å². The minimum atomic E-state index is -0.418. The normalized spacial score (nSPS) is 11.6. The predicted molar refractivity (Wildman–Crippen MR) is 62.2 cm³/mol. The van der Waals surface area contributed by atoms with Crippen LogP contribution in [0.2, 0.25) is 0 Å². The van der Waals surface area contributed by atoms with Gasteiger partial charge in [0.15, 0.2) is 0 Å². The lowest BCUT2D eigenvalue weighted by molar-refractivity contribution is -0.191. The Morgan fingerprint density at radius 2 is 1.88 bits per heavy atom. The largest absolute Gasteiger partial charge is 0.444 e. The van der Waals surface area contributed by atoms with Gasteiger partial charge in [-0.15, -0.1) is 0 Å². The van der Waals surface area contributed by atoms with Crippen LogP contribution in [0.5, 0.6) is 0 Å². The maximum atomic E-state index is 11.2. The van der Waals surface area contributed by atoms with Gasteiger partial charge >= 0.3 is 12.2 Å². The highest BCUT2D eigenvalue weighted by molar-refractivity contribution is 9.09.